The van der Waals surface area contributed by atoms with Crippen LogP contribution in [0.15, 0.2) is 0 Å². The molecule has 0 unspecified atom stereocenters. The summed E-state index contributed by atoms with van der Waals surface area (Å²) in [6, 6.07) is 0. The molecule has 0 saturated heterocycles. The molecule has 0 amide bonds. The summed E-state index contributed by atoms with van der Waals surface area (Å²) >= 11 is 0. The van der Waals surface area contributed by atoms with Crippen molar-refractivity contribution >= 4 is 0 Å². The van der Waals surface area contributed by atoms with Crippen molar-refractivity contribution in [3.63, 3.8) is 0 Å². The summed E-state index contributed by atoms with van der Waals surface area (Å²) in [6.45, 7) is 0. The predicted octanol–water partition coefficient (Wildman–Crippen LogP) is -0.599. The molecule has 0 aliphatic carbocycles. The van der Waals surface area contributed by atoms with E-state index in [1.54, 1.807) is 0 Å². The summed E-state index contributed by atoms with van der Waals surface area (Å²) < 4.78 is 0. The monoisotopic (exact) mass is 442 g/mol. The zero-order valence-corrected chi connectivity index (χ0v) is 9.36. The number of rotatable bonds is 0. The summed E-state index contributed by atoms with van der Waals surface area (Å²) in [6.07, 6.45) is 0. The van der Waals surface area contributed by atoms with Crippen molar-refractivity contribution in [2.45, 2.75) is 0 Å². The van der Waals surface area contributed by atoms with Crippen molar-refractivity contribution in [1.82, 2.24) is 0 Å². The second-order valence-electron chi connectivity index (χ2n) is 0. The average Bonchev–Trinajstić information content (AvgIpc) is 0. The molecule has 7 heavy (non-hydrogen) atoms. The van der Waals surface area contributed by atoms with Crippen molar-refractivity contribution < 1.29 is 72.1 Å². The Hall–Kier alpha value is 1.28. The van der Waals surface area contributed by atoms with Gasteiger partial charge in [-0.3, -0.25) is 0 Å². The topological polar surface area (TPSA) is 142 Å². The molecule has 0 N–H and O–H groups in total. The summed E-state index contributed by atoms with van der Waals surface area (Å²) in [5.74, 6) is 0. The maximum Gasteiger partial charge on any atom is 5.00 e. The van der Waals surface area contributed by atoms with Gasteiger partial charge in [0, 0.05) is 0 Å². The first-order valence-corrected chi connectivity index (χ1v) is 0. The van der Waals surface area contributed by atoms with E-state index in [1.165, 1.54) is 0 Å². The number of hydrogen-bond donors (Lipinski definition) is 0. The average molecular weight is 442 g/mol. The second kappa shape index (κ2) is 175. The van der Waals surface area contributed by atoms with E-state index in [1.807, 2.05) is 0 Å². The van der Waals surface area contributed by atoms with Crippen molar-refractivity contribution in [1.29, 1.82) is 0 Å². The van der Waals surface area contributed by atoms with E-state index in [0.717, 1.165) is 0 Å². The van der Waals surface area contributed by atoms with Crippen LogP contribution in [-0.2, 0) is 72.1 Å². The van der Waals surface area contributed by atoms with Crippen LogP contribution in [-0.4, -0.2) is 0 Å². The minimum atomic E-state index is 0. The smallest absolute Gasteiger partial charge is 2.00 e. The molecule has 0 radical (unpaired) electrons. The first kappa shape index (κ1) is 268. The fourth-order valence-corrected chi connectivity index (χ4v) is 0. The maximum atomic E-state index is 0. The molecule has 0 fully saturated rings. The van der Waals surface area contributed by atoms with Gasteiger partial charge in [0.15, 0.2) is 0 Å². The molecular formula is O5Ta2. The zero-order chi connectivity index (χ0) is 0. The molecule has 0 aromatic heterocycles. The van der Waals surface area contributed by atoms with Crippen molar-refractivity contribution in [3.05, 3.63) is 0 Å². The molecule has 0 atom stereocenters. The predicted molar refractivity (Wildman–Crippen MR) is 3.43 cm³/mol. The van der Waals surface area contributed by atoms with Gasteiger partial charge in [-0.15, -0.1) is 0 Å². The first-order valence-electron chi connectivity index (χ1n) is 0. The Balaban J connectivity index is 0. The SMILES string of the molecule is [O-2].[O-2].[O-2].[O-2].[O-2].[Ta+5].[Ta+5]. The normalized spacial score (nSPS) is 0. The minimum absolute atomic E-state index is 0. The van der Waals surface area contributed by atoms with Crippen LogP contribution < -0.4 is 0 Å². The Morgan fingerprint density at radius 2 is 0.286 bits per heavy atom. The Morgan fingerprint density at radius 3 is 0.286 bits per heavy atom. The molecule has 5 nitrogen and oxygen atoms in total. The molecule has 0 heterocycles. The summed E-state index contributed by atoms with van der Waals surface area (Å²) in [4.78, 5) is 0. The van der Waals surface area contributed by atoms with Gasteiger partial charge in [0.05, 0.1) is 0 Å². The standard InChI is InChI=1S/5O.2Ta/q5*-2;2*+5. The Bertz CT molecular complexity index is 6.04. The fourth-order valence-electron chi connectivity index (χ4n) is 0. The molecule has 0 rings (SSSR count). The van der Waals surface area contributed by atoms with Crippen LogP contribution in [0.2, 0.25) is 0 Å². The van der Waals surface area contributed by atoms with Gasteiger partial charge in [-0.1, -0.05) is 0 Å². The van der Waals surface area contributed by atoms with Crippen molar-refractivity contribution in [2.75, 3.05) is 0 Å². The molecule has 0 saturated carbocycles. The van der Waals surface area contributed by atoms with Gasteiger partial charge in [-0.2, -0.15) is 0 Å². The van der Waals surface area contributed by atoms with E-state index in [2.05, 4.69) is 0 Å². The molecule has 40 valence electrons. The third-order valence-electron chi connectivity index (χ3n) is 0. The third kappa shape index (κ3) is 124. The Morgan fingerprint density at radius 1 is 0.286 bits per heavy atom. The quantitative estimate of drug-likeness (QED) is 0.473. The van der Waals surface area contributed by atoms with Gasteiger partial charge < -0.3 is 27.4 Å². The summed E-state index contributed by atoms with van der Waals surface area (Å²) in [7, 11) is 0. The van der Waals surface area contributed by atoms with Gasteiger partial charge >= 0.3 is 44.8 Å². The van der Waals surface area contributed by atoms with Crippen LogP contribution >= 0.6 is 0 Å². The van der Waals surface area contributed by atoms with E-state index in [0.29, 0.717) is 0 Å². The van der Waals surface area contributed by atoms with Crippen LogP contribution in [0.4, 0.5) is 0 Å². The first-order chi connectivity index (χ1) is 0. The van der Waals surface area contributed by atoms with E-state index in [4.69, 9.17) is 0 Å². The fraction of sp³-hybridized carbons (Fsp3) is 0. The molecule has 0 aromatic carbocycles. The van der Waals surface area contributed by atoms with Gasteiger partial charge in [-0.05, 0) is 0 Å². The van der Waals surface area contributed by atoms with Crippen LogP contribution in [0.25, 0.3) is 0 Å². The molecule has 0 aromatic rings. The largest absolute Gasteiger partial charge is 5.00 e. The van der Waals surface area contributed by atoms with Gasteiger partial charge in [-0.25, -0.2) is 0 Å². The van der Waals surface area contributed by atoms with E-state index in [-0.39, 0.29) is 72.1 Å². The van der Waals surface area contributed by atoms with Gasteiger partial charge in [0.1, 0.15) is 0 Å². The maximum absolute atomic E-state index is 0. The van der Waals surface area contributed by atoms with E-state index < -0.39 is 0 Å². The van der Waals surface area contributed by atoms with Crippen molar-refractivity contribution in [2.24, 2.45) is 0 Å². The molecule has 0 aliphatic rings. The summed E-state index contributed by atoms with van der Waals surface area (Å²) in [5, 5.41) is 0. The summed E-state index contributed by atoms with van der Waals surface area (Å²) in [5.41, 5.74) is 0. The zero-order valence-electron chi connectivity index (χ0n) is 2.94. The molecule has 0 aliphatic heterocycles. The molecule has 0 spiro atoms. The van der Waals surface area contributed by atoms with Crippen LogP contribution in [0.5, 0.6) is 0 Å². The van der Waals surface area contributed by atoms with Crippen LogP contribution in [0, 0.1) is 0 Å². The Labute approximate surface area is 72.0 Å². The number of hydrogen-bond acceptors (Lipinski definition) is 0. The Kier molecular flexibility index (Phi) is 6700. The third-order valence-corrected chi connectivity index (χ3v) is 0. The second-order valence-corrected chi connectivity index (χ2v) is 0. The van der Waals surface area contributed by atoms with Gasteiger partial charge in [0.2, 0.25) is 0 Å². The van der Waals surface area contributed by atoms with Crippen molar-refractivity contribution in [3.8, 4) is 0 Å². The van der Waals surface area contributed by atoms with Gasteiger partial charge in [0.25, 0.3) is 0 Å². The van der Waals surface area contributed by atoms with E-state index >= 15 is 0 Å². The molecule has 7 heteroatoms. The minimum Gasteiger partial charge on any atom is -2.00 e. The molecular weight excluding hydrogens is 442 g/mol. The molecule has 0 bridgehead atoms. The van der Waals surface area contributed by atoms with Crippen LogP contribution in [0.1, 0.15) is 0 Å². The van der Waals surface area contributed by atoms with E-state index in [9.17, 15) is 0 Å². The van der Waals surface area contributed by atoms with Crippen LogP contribution in [0.3, 0.4) is 0 Å².